The van der Waals surface area contributed by atoms with Crippen molar-refractivity contribution in [1.82, 2.24) is 0 Å². The Morgan fingerprint density at radius 3 is 2.85 bits per heavy atom. The SMILES string of the molecule is C=C(N)Nc1cc(F)ccc1OC. The highest BCUT2D eigenvalue weighted by Crippen LogP contribution is 2.25. The molecule has 4 heteroatoms. The molecule has 0 fully saturated rings. The van der Waals surface area contributed by atoms with Crippen LogP contribution in [0.1, 0.15) is 0 Å². The second-order valence-corrected chi connectivity index (χ2v) is 2.49. The van der Waals surface area contributed by atoms with Gasteiger partial charge in [-0.05, 0) is 12.1 Å². The molecule has 13 heavy (non-hydrogen) atoms. The highest BCUT2D eigenvalue weighted by Gasteiger charge is 2.03. The molecule has 3 N–H and O–H groups in total. The maximum absolute atomic E-state index is 12.8. The summed E-state index contributed by atoms with van der Waals surface area (Å²) in [5.41, 5.74) is 5.78. The Morgan fingerprint density at radius 2 is 2.31 bits per heavy atom. The summed E-state index contributed by atoms with van der Waals surface area (Å²) in [7, 11) is 1.50. The number of benzene rings is 1. The Kier molecular flexibility index (Phi) is 2.74. The quantitative estimate of drug-likeness (QED) is 0.747. The maximum atomic E-state index is 12.8. The van der Waals surface area contributed by atoms with E-state index in [4.69, 9.17) is 10.5 Å². The minimum absolute atomic E-state index is 0.240. The van der Waals surface area contributed by atoms with Crippen molar-refractivity contribution in [1.29, 1.82) is 0 Å². The van der Waals surface area contributed by atoms with Gasteiger partial charge in [0.2, 0.25) is 0 Å². The molecule has 0 aromatic heterocycles. The molecule has 0 amide bonds. The fourth-order valence-corrected chi connectivity index (χ4v) is 0.951. The largest absolute Gasteiger partial charge is 0.495 e. The number of anilines is 1. The standard InChI is InChI=1S/C9H11FN2O/c1-6(11)12-8-5-7(10)3-4-9(8)13-2/h3-5,12H,1,11H2,2H3. The highest BCUT2D eigenvalue weighted by molar-refractivity contribution is 5.58. The summed E-state index contributed by atoms with van der Waals surface area (Å²) >= 11 is 0. The van der Waals surface area contributed by atoms with Gasteiger partial charge in [-0.2, -0.15) is 0 Å². The molecule has 0 radical (unpaired) electrons. The summed E-state index contributed by atoms with van der Waals surface area (Å²) in [6.07, 6.45) is 0. The van der Waals surface area contributed by atoms with Gasteiger partial charge >= 0.3 is 0 Å². The molecule has 0 atom stereocenters. The number of methoxy groups -OCH3 is 1. The second-order valence-electron chi connectivity index (χ2n) is 2.49. The summed E-state index contributed by atoms with van der Waals surface area (Å²) in [5.74, 6) is 0.404. The van der Waals surface area contributed by atoms with Gasteiger partial charge in [-0.15, -0.1) is 0 Å². The van der Waals surface area contributed by atoms with E-state index < -0.39 is 0 Å². The van der Waals surface area contributed by atoms with Crippen molar-refractivity contribution < 1.29 is 9.13 Å². The van der Waals surface area contributed by atoms with Crippen LogP contribution in [0.3, 0.4) is 0 Å². The lowest BCUT2D eigenvalue weighted by Gasteiger charge is -2.09. The Bertz CT molecular complexity index is 325. The minimum atomic E-state index is -0.357. The molecular weight excluding hydrogens is 171 g/mol. The van der Waals surface area contributed by atoms with Gasteiger partial charge in [-0.3, -0.25) is 0 Å². The molecule has 0 saturated carbocycles. The van der Waals surface area contributed by atoms with Crippen molar-refractivity contribution in [3.63, 3.8) is 0 Å². The topological polar surface area (TPSA) is 47.3 Å². The maximum Gasteiger partial charge on any atom is 0.142 e. The van der Waals surface area contributed by atoms with E-state index in [0.717, 1.165) is 0 Å². The van der Waals surface area contributed by atoms with Crippen LogP contribution in [0.5, 0.6) is 5.75 Å². The monoisotopic (exact) mass is 182 g/mol. The lowest BCUT2D eigenvalue weighted by atomic mass is 10.3. The lowest BCUT2D eigenvalue weighted by molar-refractivity contribution is 0.415. The zero-order valence-corrected chi connectivity index (χ0v) is 7.30. The van der Waals surface area contributed by atoms with Crippen LogP contribution in [-0.2, 0) is 0 Å². The van der Waals surface area contributed by atoms with Crippen molar-refractivity contribution in [2.45, 2.75) is 0 Å². The number of rotatable bonds is 3. The first-order chi connectivity index (χ1) is 6.13. The van der Waals surface area contributed by atoms with Crippen LogP contribution < -0.4 is 15.8 Å². The van der Waals surface area contributed by atoms with Gasteiger partial charge in [0.05, 0.1) is 18.6 Å². The summed E-state index contributed by atoms with van der Waals surface area (Å²) in [4.78, 5) is 0. The smallest absolute Gasteiger partial charge is 0.142 e. The summed E-state index contributed by atoms with van der Waals surface area (Å²) in [6, 6.07) is 4.11. The number of hydrogen-bond acceptors (Lipinski definition) is 3. The van der Waals surface area contributed by atoms with Gasteiger partial charge in [-0.25, -0.2) is 4.39 Å². The molecule has 0 aliphatic rings. The lowest BCUT2D eigenvalue weighted by Crippen LogP contribution is -2.08. The van der Waals surface area contributed by atoms with Crippen LogP contribution in [0.2, 0.25) is 0 Å². The molecule has 0 saturated heterocycles. The molecule has 0 unspecified atom stereocenters. The number of nitrogens with one attached hydrogen (secondary N) is 1. The fourth-order valence-electron chi connectivity index (χ4n) is 0.951. The van der Waals surface area contributed by atoms with Crippen LogP contribution >= 0.6 is 0 Å². The molecule has 70 valence electrons. The van der Waals surface area contributed by atoms with E-state index in [0.29, 0.717) is 11.4 Å². The molecule has 0 bridgehead atoms. The molecule has 0 heterocycles. The number of nitrogens with two attached hydrogens (primary N) is 1. The normalized spacial score (nSPS) is 9.38. The van der Waals surface area contributed by atoms with Gasteiger partial charge in [-0.1, -0.05) is 6.58 Å². The first-order valence-corrected chi connectivity index (χ1v) is 3.68. The molecule has 0 spiro atoms. The van der Waals surface area contributed by atoms with E-state index in [1.165, 1.54) is 25.3 Å². The van der Waals surface area contributed by atoms with Gasteiger partial charge in [0.15, 0.2) is 0 Å². The van der Waals surface area contributed by atoms with E-state index in [1.54, 1.807) is 0 Å². The number of ether oxygens (including phenoxy) is 1. The Hall–Kier alpha value is -1.71. The molecular formula is C9H11FN2O. The van der Waals surface area contributed by atoms with Gasteiger partial charge in [0.25, 0.3) is 0 Å². The zero-order valence-electron chi connectivity index (χ0n) is 7.30. The summed E-state index contributed by atoms with van der Waals surface area (Å²) in [6.45, 7) is 3.44. The fraction of sp³-hybridized carbons (Fsp3) is 0.111. The van der Waals surface area contributed by atoms with Crippen molar-refractivity contribution in [2.24, 2.45) is 5.73 Å². The molecule has 1 aromatic carbocycles. The van der Waals surface area contributed by atoms with Crippen molar-refractivity contribution in [2.75, 3.05) is 12.4 Å². The third-order valence-electron chi connectivity index (χ3n) is 1.46. The van der Waals surface area contributed by atoms with Crippen molar-refractivity contribution >= 4 is 5.69 Å². The molecule has 0 aliphatic carbocycles. The Labute approximate surface area is 76.0 Å². The van der Waals surface area contributed by atoms with Crippen LogP contribution in [-0.4, -0.2) is 7.11 Å². The van der Waals surface area contributed by atoms with Gasteiger partial charge in [0.1, 0.15) is 11.6 Å². The number of hydrogen-bond donors (Lipinski definition) is 2. The first-order valence-electron chi connectivity index (χ1n) is 3.68. The molecule has 1 aromatic rings. The van der Waals surface area contributed by atoms with Crippen LogP contribution in [0.15, 0.2) is 30.6 Å². The van der Waals surface area contributed by atoms with Crippen LogP contribution in [0, 0.1) is 5.82 Å². The van der Waals surface area contributed by atoms with E-state index in [9.17, 15) is 4.39 Å². The summed E-state index contributed by atoms with van der Waals surface area (Å²) < 4.78 is 17.7. The molecule has 1 rings (SSSR count). The average Bonchev–Trinajstić information content (AvgIpc) is 2.03. The van der Waals surface area contributed by atoms with Gasteiger partial charge < -0.3 is 15.8 Å². The Balaban J connectivity index is 3.01. The van der Waals surface area contributed by atoms with E-state index in [2.05, 4.69) is 11.9 Å². The minimum Gasteiger partial charge on any atom is -0.495 e. The third-order valence-corrected chi connectivity index (χ3v) is 1.46. The van der Waals surface area contributed by atoms with Crippen molar-refractivity contribution in [3.8, 4) is 5.75 Å². The van der Waals surface area contributed by atoms with Crippen molar-refractivity contribution in [3.05, 3.63) is 36.4 Å². The number of halogens is 1. The Morgan fingerprint density at radius 1 is 1.62 bits per heavy atom. The summed E-state index contributed by atoms with van der Waals surface area (Å²) in [5, 5.41) is 2.68. The molecule has 3 nitrogen and oxygen atoms in total. The predicted molar refractivity (Wildman–Crippen MR) is 49.9 cm³/mol. The van der Waals surface area contributed by atoms with E-state index in [-0.39, 0.29) is 11.6 Å². The van der Waals surface area contributed by atoms with E-state index >= 15 is 0 Å². The van der Waals surface area contributed by atoms with E-state index in [1.807, 2.05) is 0 Å². The highest BCUT2D eigenvalue weighted by atomic mass is 19.1. The third kappa shape index (κ3) is 2.37. The van der Waals surface area contributed by atoms with Crippen LogP contribution in [0.4, 0.5) is 10.1 Å². The average molecular weight is 182 g/mol. The molecule has 0 aliphatic heterocycles. The first kappa shape index (κ1) is 9.38. The van der Waals surface area contributed by atoms with Crippen LogP contribution in [0.25, 0.3) is 0 Å². The zero-order chi connectivity index (χ0) is 9.84. The second kappa shape index (κ2) is 3.80. The predicted octanol–water partition coefficient (Wildman–Crippen LogP) is 1.68. The van der Waals surface area contributed by atoms with Gasteiger partial charge in [0, 0.05) is 6.07 Å².